The van der Waals surface area contributed by atoms with Crippen LogP contribution in [0.1, 0.15) is 23.5 Å². The van der Waals surface area contributed by atoms with Crippen LogP contribution in [0, 0.1) is 12.8 Å². The summed E-state index contributed by atoms with van der Waals surface area (Å²) in [7, 11) is 0. The first-order valence-corrected chi connectivity index (χ1v) is 6.53. The molecule has 2 unspecified atom stereocenters. The van der Waals surface area contributed by atoms with Gasteiger partial charge in [0.25, 0.3) is 0 Å². The molecule has 1 N–H and O–H groups in total. The lowest BCUT2D eigenvalue weighted by Crippen LogP contribution is -2.16. The Morgan fingerprint density at radius 1 is 1.21 bits per heavy atom. The maximum Gasteiger partial charge on any atom is 0.229 e. The first kappa shape index (κ1) is 11.9. The molecule has 3 rings (SSSR count). The molecule has 0 spiro atoms. The number of amides is 1. The van der Waals surface area contributed by atoms with E-state index in [4.69, 9.17) is 0 Å². The van der Waals surface area contributed by atoms with Crippen LogP contribution in [0.4, 0.5) is 5.82 Å². The molecule has 96 valence electrons. The molecule has 1 aliphatic rings. The fourth-order valence-corrected chi connectivity index (χ4v) is 2.38. The maximum absolute atomic E-state index is 12.2. The summed E-state index contributed by atoms with van der Waals surface area (Å²) in [5.74, 6) is 1.20. The van der Waals surface area contributed by atoms with E-state index in [1.165, 1.54) is 5.56 Å². The van der Waals surface area contributed by atoms with Gasteiger partial charge in [-0.15, -0.1) is 0 Å². The van der Waals surface area contributed by atoms with Gasteiger partial charge in [0.15, 0.2) is 0 Å². The number of hydrogen-bond acceptors (Lipinski definition) is 2. The highest BCUT2D eigenvalue weighted by molar-refractivity contribution is 5.94. The molecule has 0 saturated heterocycles. The summed E-state index contributed by atoms with van der Waals surface area (Å²) in [5.41, 5.74) is 2.24. The quantitative estimate of drug-likeness (QED) is 0.911. The Kier molecular flexibility index (Phi) is 3.03. The van der Waals surface area contributed by atoms with E-state index in [0.29, 0.717) is 11.7 Å². The van der Waals surface area contributed by atoms with Crippen LogP contribution in [-0.2, 0) is 4.79 Å². The van der Waals surface area contributed by atoms with Crippen LogP contribution in [0.25, 0.3) is 0 Å². The lowest BCUT2D eigenvalue weighted by atomic mass is 10.1. The minimum absolute atomic E-state index is 0.0793. The predicted octanol–water partition coefficient (Wildman–Crippen LogP) is 3.13. The van der Waals surface area contributed by atoms with E-state index in [-0.39, 0.29) is 11.8 Å². The number of carbonyl (C=O) groups is 1. The zero-order valence-electron chi connectivity index (χ0n) is 10.8. The van der Waals surface area contributed by atoms with Gasteiger partial charge in [0.1, 0.15) is 5.82 Å². The summed E-state index contributed by atoms with van der Waals surface area (Å²) >= 11 is 0. The third-order valence-corrected chi connectivity index (χ3v) is 3.61. The average molecular weight is 252 g/mol. The highest BCUT2D eigenvalue weighted by Crippen LogP contribution is 2.47. The second kappa shape index (κ2) is 4.84. The van der Waals surface area contributed by atoms with Crippen molar-refractivity contribution in [1.29, 1.82) is 0 Å². The van der Waals surface area contributed by atoms with Gasteiger partial charge in [0, 0.05) is 12.1 Å². The van der Waals surface area contributed by atoms with E-state index in [1.54, 1.807) is 6.20 Å². The molecule has 1 amide bonds. The molecule has 0 bridgehead atoms. The van der Waals surface area contributed by atoms with Gasteiger partial charge in [0.05, 0.1) is 0 Å². The summed E-state index contributed by atoms with van der Waals surface area (Å²) in [5, 5.41) is 2.92. The van der Waals surface area contributed by atoms with E-state index >= 15 is 0 Å². The molecular weight excluding hydrogens is 236 g/mol. The predicted molar refractivity (Wildman–Crippen MR) is 74.9 cm³/mol. The first-order chi connectivity index (χ1) is 9.25. The molecule has 2 aromatic rings. The van der Waals surface area contributed by atoms with Gasteiger partial charge in [-0.3, -0.25) is 4.79 Å². The molecule has 1 fully saturated rings. The number of rotatable bonds is 3. The Hall–Kier alpha value is -2.16. The summed E-state index contributed by atoms with van der Waals surface area (Å²) in [4.78, 5) is 16.4. The Labute approximate surface area is 112 Å². The van der Waals surface area contributed by atoms with Crippen molar-refractivity contribution in [2.45, 2.75) is 19.3 Å². The van der Waals surface area contributed by atoms with Crippen LogP contribution >= 0.6 is 0 Å². The molecule has 0 aliphatic heterocycles. The lowest BCUT2D eigenvalue weighted by molar-refractivity contribution is -0.117. The molecule has 2 atom stereocenters. The van der Waals surface area contributed by atoms with Crippen molar-refractivity contribution in [3.05, 3.63) is 59.8 Å². The number of aryl methyl sites for hydroxylation is 1. The van der Waals surface area contributed by atoms with Crippen molar-refractivity contribution >= 4 is 11.7 Å². The molecular formula is C16H16N2O. The number of benzene rings is 1. The van der Waals surface area contributed by atoms with E-state index in [9.17, 15) is 4.79 Å². The normalized spacial score (nSPS) is 20.9. The van der Waals surface area contributed by atoms with Crippen LogP contribution in [0.5, 0.6) is 0 Å². The Morgan fingerprint density at radius 2 is 2.00 bits per heavy atom. The topological polar surface area (TPSA) is 42.0 Å². The zero-order valence-corrected chi connectivity index (χ0v) is 10.8. The maximum atomic E-state index is 12.2. The average Bonchev–Trinajstić information content (AvgIpc) is 3.23. The van der Waals surface area contributed by atoms with Crippen LogP contribution in [0.3, 0.4) is 0 Å². The standard InChI is InChI=1S/C16H16N2O/c1-11-6-5-9-17-15(11)18-16(19)14-10-13(14)12-7-3-2-4-8-12/h2-9,13-14H,10H2,1H3,(H,17,18,19). The van der Waals surface area contributed by atoms with Gasteiger partial charge in [-0.05, 0) is 36.5 Å². The Balaban J connectivity index is 1.66. The van der Waals surface area contributed by atoms with Crippen LogP contribution in [0.15, 0.2) is 48.7 Å². The smallest absolute Gasteiger partial charge is 0.229 e. The van der Waals surface area contributed by atoms with Crippen molar-refractivity contribution in [3.63, 3.8) is 0 Å². The molecule has 1 heterocycles. The van der Waals surface area contributed by atoms with Crippen LogP contribution in [0.2, 0.25) is 0 Å². The largest absolute Gasteiger partial charge is 0.310 e. The van der Waals surface area contributed by atoms with Crippen molar-refractivity contribution < 1.29 is 4.79 Å². The summed E-state index contributed by atoms with van der Waals surface area (Å²) in [6.45, 7) is 1.95. The molecule has 3 heteroatoms. The van der Waals surface area contributed by atoms with E-state index in [0.717, 1.165) is 12.0 Å². The van der Waals surface area contributed by atoms with Crippen molar-refractivity contribution in [2.24, 2.45) is 5.92 Å². The number of aromatic nitrogens is 1. The van der Waals surface area contributed by atoms with Gasteiger partial charge >= 0.3 is 0 Å². The highest BCUT2D eigenvalue weighted by atomic mass is 16.2. The first-order valence-electron chi connectivity index (χ1n) is 6.53. The summed E-state index contributed by atoms with van der Waals surface area (Å²) in [6, 6.07) is 14.0. The molecule has 1 aromatic carbocycles. The number of pyridine rings is 1. The third-order valence-electron chi connectivity index (χ3n) is 3.61. The number of carbonyl (C=O) groups excluding carboxylic acids is 1. The van der Waals surface area contributed by atoms with Crippen molar-refractivity contribution in [2.75, 3.05) is 5.32 Å². The van der Waals surface area contributed by atoms with Gasteiger partial charge in [-0.25, -0.2) is 4.98 Å². The van der Waals surface area contributed by atoms with Gasteiger partial charge in [-0.1, -0.05) is 36.4 Å². The fourth-order valence-electron chi connectivity index (χ4n) is 2.38. The molecule has 1 aromatic heterocycles. The SMILES string of the molecule is Cc1cccnc1NC(=O)C1CC1c1ccccc1. The molecule has 3 nitrogen and oxygen atoms in total. The molecule has 1 aliphatic carbocycles. The van der Waals surface area contributed by atoms with Crippen molar-refractivity contribution in [3.8, 4) is 0 Å². The Morgan fingerprint density at radius 3 is 2.74 bits per heavy atom. The van der Waals surface area contributed by atoms with Crippen LogP contribution in [-0.4, -0.2) is 10.9 Å². The highest BCUT2D eigenvalue weighted by Gasteiger charge is 2.43. The zero-order chi connectivity index (χ0) is 13.2. The number of anilines is 1. The van der Waals surface area contributed by atoms with Crippen LogP contribution < -0.4 is 5.32 Å². The van der Waals surface area contributed by atoms with E-state index < -0.39 is 0 Å². The second-order valence-corrected chi connectivity index (χ2v) is 5.02. The minimum Gasteiger partial charge on any atom is -0.310 e. The van der Waals surface area contributed by atoms with Gasteiger partial charge in [0.2, 0.25) is 5.91 Å². The third kappa shape index (κ3) is 2.50. The molecule has 1 saturated carbocycles. The van der Waals surface area contributed by atoms with Crippen molar-refractivity contribution in [1.82, 2.24) is 4.98 Å². The van der Waals surface area contributed by atoms with Gasteiger partial charge in [-0.2, -0.15) is 0 Å². The number of nitrogens with zero attached hydrogens (tertiary/aromatic N) is 1. The second-order valence-electron chi connectivity index (χ2n) is 5.02. The lowest BCUT2D eigenvalue weighted by Gasteiger charge is -2.06. The monoisotopic (exact) mass is 252 g/mol. The fraction of sp³-hybridized carbons (Fsp3) is 0.250. The number of nitrogens with one attached hydrogen (secondary N) is 1. The Bertz CT molecular complexity index is 595. The van der Waals surface area contributed by atoms with Gasteiger partial charge < -0.3 is 5.32 Å². The summed E-state index contributed by atoms with van der Waals surface area (Å²) in [6.07, 6.45) is 2.63. The van der Waals surface area contributed by atoms with E-state index in [2.05, 4.69) is 22.4 Å². The molecule has 0 radical (unpaired) electrons. The number of hydrogen-bond donors (Lipinski definition) is 1. The van der Waals surface area contributed by atoms with E-state index in [1.807, 2.05) is 37.3 Å². The minimum atomic E-state index is 0.0793. The molecule has 19 heavy (non-hydrogen) atoms. The summed E-state index contributed by atoms with van der Waals surface area (Å²) < 4.78 is 0.